The summed E-state index contributed by atoms with van der Waals surface area (Å²) in [5, 5.41) is 2.93. The van der Waals surface area contributed by atoms with Crippen LogP contribution in [-0.4, -0.2) is 12.5 Å². The predicted molar refractivity (Wildman–Crippen MR) is 47.7 cm³/mol. The zero-order valence-electron chi connectivity index (χ0n) is 7.51. The molecule has 1 amide bonds. The van der Waals surface area contributed by atoms with Crippen LogP contribution in [0.3, 0.4) is 0 Å². The number of carbonyl (C=O) groups is 1. The molecule has 1 N–H and O–H groups in total. The third-order valence-corrected chi connectivity index (χ3v) is 3.31. The Morgan fingerprint density at radius 2 is 1.83 bits per heavy atom. The molecule has 2 rings (SSSR count). The first-order valence-corrected chi connectivity index (χ1v) is 5.15. The molecule has 68 valence electrons. The fourth-order valence-electron chi connectivity index (χ4n) is 2.60. The van der Waals surface area contributed by atoms with Gasteiger partial charge >= 0.3 is 0 Å². The van der Waals surface area contributed by atoms with Gasteiger partial charge in [0.15, 0.2) is 0 Å². The Balaban J connectivity index is 1.93. The van der Waals surface area contributed by atoms with Gasteiger partial charge < -0.3 is 5.32 Å². The van der Waals surface area contributed by atoms with Crippen LogP contribution in [0.1, 0.15) is 38.5 Å². The standard InChI is InChI=1S/C10H17NO/c12-10-9(6-7-11-10)8-4-2-1-3-5-8/h8-9H,1-7H2,(H,11,12)/t9-/m1/s1. The molecule has 1 heterocycles. The van der Waals surface area contributed by atoms with E-state index in [2.05, 4.69) is 5.32 Å². The second-order valence-corrected chi connectivity index (χ2v) is 4.08. The minimum atomic E-state index is 0.321. The summed E-state index contributed by atoms with van der Waals surface area (Å²) in [6.07, 6.45) is 7.73. The first-order valence-electron chi connectivity index (χ1n) is 5.15. The van der Waals surface area contributed by atoms with Gasteiger partial charge in [-0.2, -0.15) is 0 Å². The number of hydrogen-bond acceptors (Lipinski definition) is 1. The molecule has 1 saturated carbocycles. The van der Waals surface area contributed by atoms with E-state index in [-0.39, 0.29) is 0 Å². The Morgan fingerprint density at radius 3 is 2.42 bits per heavy atom. The molecule has 1 aliphatic carbocycles. The van der Waals surface area contributed by atoms with Gasteiger partial charge in [-0.3, -0.25) is 4.79 Å². The number of nitrogens with one attached hydrogen (secondary N) is 1. The quantitative estimate of drug-likeness (QED) is 0.632. The molecule has 0 aromatic rings. The molecule has 0 spiro atoms. The molecule has 1 atom stereocenters. The van der Waals surface area contributed by atoms with E-state index in [0.717, 1.165) is 13.0 Å². The first-order chi connectivity index (χ1) is 5.88. The van der Waals surface area contributed by atoms with Crippen molar-refractivity contribution in [3.63, 3.8) is 0 Å². The average Bonchev–Trinajstić information content (AvgIpc) is 2.53. The van der Waals surface area contributed by atoms with Gasteiger partial charge in [0.05, 0.1) is 0 Å². The monoisotopic (exact) mass is 167 g/mol. The number of amides is 1. The van der Waals surface area contributed by atoms with Crippen molar-refractivity contribution in [1.29, 1.82) is 0 Å². The first kappa shape index (κ1) is 8.09. The maximum absolute atomic E-state index is 11.4. The number of carbonyl (C=O) groups excluding carboxylic acids is 1. The van der Waals surface area contributed by atoms with Gasteiger partial charge in [0.2, 0.25) is 5.91 Å². The minimum absolute atomic E-state index is 0.321. The number of hydrogen-bond donors (Lipinski definition) is 1. The van der Waals surface area contributed by atoms with Crippen LogP contribution in [-0.2, 0) is 4.79 Å². The molecule has 12 heavy (non-hydrogen) atoms. The molecule has 2 aliphatic rings. The van der Waals surface area contributed by atoms with E-state index in [0.29, 0.717) is 17.7 Å². The Labute approximate surface area is 73.7 Å². The summed E-state index contributed by atoms with van der Waals surface area (Å²) in [4.78, 5) is 11.4. The highest BCUT2D eigenvalue weighted by Gasteiger charge is 2.32. The van der Waals surface area contributed by atoms with Crippen LogP contribution in [0, 0.1) is 11.8 Å². The summed E-state index contributed by atoms with van der Waals surface area (Å²) < 4.78 is 0. The van der Waals surface area contributed by atoms with Crippen molar-refractivity contribution >= 4 is 5.91 Å². The topological polar surface area (TPSA) is 29.1 Å². The normalized spacial score (nSPS) is 32.0. The van der Waals surface area contributed by atoms with Crippen LogP contribution in [0.2, 0.25) is 0 Å². The summed E-state index contributed by atoms with van der Waals surface area (Å²) in [6, 6.07) is 0. The summed E-state index contributed by atoms with van der Waals surface area (Å²) in [7, 11) is 0. The maximum Gasteiger partial charge on any atom is 0.223 e. The molecular formula is C10H17NO. The smallest absolute Gasteiger partial charge is 0.223 e. The molecule has 2 nitrogen and oxygen atoms in total. The maximum atomic E-state index is 11.4. The highest BCUT2D eigenvalue weighted by molar-refractivity contribution is 5.80. The van der Waals surface area contributed by atoms with Gasteiger partial charge in [-0.15, -0.1) is 0 Å². The molecule has 0 aromatic carbocycles. The van der Waals surface area contributed by atoms with Crippen LogP contribution in [0.5, 0.6) is 0 Å². The summed E-state index contributed by atoms with van der Waals surface area (Å²) >= 11 is 0. The van der Waals surface area contributed by atoms with Crippen LogP contribution in [0.25, 0.3) is 0 Å². The van der Waals surface area contributed by atoms with E-state index in [1.807, 2.05) is 0 Å². The molecule has 0 radical (unpaired) electrons. The van der Waals surface area contributed by atoms with Crippen molar-refractivity contribution < 1.29 is 4.79 Å². The van der Waals surface area contributed by atoms with Gasteiger partial charge in [0, 0.05) is 12.5 Å². The highest BCUT2D eigenvalue weighted by atomic mass is 16.2. The van der Waals surface area contributed by atoms with Gasteiger partial charge in [0.25, 0.3) is 0 Å². The largest absolute Gasteiger partial charge is 0.356 e. The molecule has 2 fully saturated rings. The van der Waals surface area contributed by atoms with Crippen LogP contribution < -0.4 is 5.32 Å². The third-order valence-electron chi connectivity index (χ3n) is 3.31. The van der Waals surface area contributed by atoms with Crippen LogP contribution >= 0.6 is 0 Å². The molecule has 0 bridgehead atoms. The fourth-order valence-corrected chi connectivity index (χ4v) is 2.60. The van der Waals surface area contributed by atoms with Crippen molar-refractivity contribution in [3.8, 4) is 0 Å². The Kier molecular flexibility index (Phi) is 2.33. The van der Waals surface area contributed by atoms with E-state index in [9.17, 15) is 4.79 Å². The summed E-state index contributed by atoms with van der Waals surface area (Å²) in [6.45, 7) is 0.917. The lowest BCUT2D eigenvalue weighted by Gasteiger charge is -2.25. The zero-order valence-corrected chi connectivity index (χ0v) is 7.51. The van der Waals surface area contributed by atoms with Crippen LogP contribution in [0.4, 0.5) is 0 Å². The van der Waals surface area contributed by atoms with E-state index in [4.69, 9.17) is 0 Å². The Bertz CT molecular complexity index is 173. The summed E-state index contributed by atoms with van der Waals surface area (Å²) in [5.41, 5.74) is 0. The SMILES string of the molecule is O=C1NCC[C@@H]1C1CCCCC1. The molecule has 2 heteroatoms. The van der Waals surface area contributed by atoms with Crippen molar-refractivity contribution in [2.45, 2.75) is 38.5 Å². The van der Waals surface area contributed by atoms with E-state index in [1.165, 1.54) is 32.1 Å². The van der Waals surface area contributed by atoms with E-state index in [1.54, 1.807) is 0 Å². The second-order valence-electron chi connectivity index (χ2n) is 4.08. The van der Waals surface area contributed by atoms with Gasteiger partial charge in [-0.05, 0) is 25.2 Å². The minimum Gasteiger partial charge on any atom is -0.356 e. The third kappa shape index (κ3) is 1.47. The van der Waals surface area contributed by atoms with E-state index >= 15 is 0 Å². The van der Waals surface area contributed by atoms with Crippen molar-refractivity contribution in [2.75, 3.05) is 6.54 Å². The fraction of sp³-hybridized carbons (Fsp3) is 0.900. The number of rotatable bonds is 1. The van der Waals surface area contributed by atoms with Crippen molar-refractivity contribution in [1.82, 2.24) is 5.32 Å². The molecule has 1 saturated heterocycles. The molecule has 0 aromatic heterocycles. The average molecular weight is 167 g/mol. The van der Waals surface area contributed by atoms with E-state index < -0.39 is 0 Å². The van der Waals surface area contributed by atoms with Gasteiger partial charge in [-0.25, -0.2) is 0 Å². The predicted octanol–water partition coefficient (Wildman–Crippen LogP) is 1.70. The Hall–Kier alpha value is -0.530. The van der Waals surface area contributed by atoms with Gasteiger partial charge in [0.1, 0.15) is 0 Å². The van der Waals surface area contributed by atoms with Crippen molar-refractivity contribution in [3.05, 3.63) is 0 Å². The van der Waals surface area contributed by atoms with Crippen LogP contribution in [0.15, 0.2) is 0 Å². The zero-order chi connectivity index (χ0) is 8.39. The second kappa shape index (κ2) is 3.46. The molecule has 1 aliphatic heterocycles. The Morgan fingerprint density at radius 1 is 1.08 bits per heavy atom. The lowest BCUT2D eigenvalue weighted by Crippen LogP contribution is -2.26. The highest BCUT2D eigenvalue weighted by Crippen LogP contribution is 2.33. The lowest BCUT2D eigenvalue weighted by atomic mass is 9.79. The van der Waals surface area contributed by atoms with Crippen molar-refractivity contribution in [2.24, 2.45) is 11.8 Å². The van der Waals surface area contributed by atoms with Gasteiger partial charge in [-0.1, -0.05) is 19.3 Å². The summed E-state index contributed by atoms with van der Waals surface area (Å²) in [5.74, 6) is 1.40. The molecule has 0 unspecified atom stereocenters. The molecular weight excluding hydrogens is 150 g/mol. The lowest BCUT2D eigenvalue weighted by molar-refractivity contribution is -0.124.